The molecule has 0 fully saturated rings. The molecule has 0 saturated heterocycles. The zero-order valence-electron chi connectivity index (χ0n) is 10.7. The number of carbonyl (C=O) groups is 1. The van der Waals surface area contributed by atoms with Gasteiger partial charge in [-0.2, -0.15) is 0 Å². The smallest absolute Gasteiger partial charge is 0.326 e. The molecule has 1 heterocycles. The van der Waals surface area contributed by atoms with Gasteiger partial charge >= 0.3 is 5.97 Å². The van der Waals surface area contributed by atoms with E-state index >= 15 is 0 Å². The topological polar surface area (TPSA) is 88.2 Å². The predicted molar refractivity (Wildman–Crippen MR) is 75.9 cm³/mol. The molecule has 0 aliphatic carbocycles. The Kier molecular flexibility index (Phi) is 3.82. The molecule has 2 rings (SSSR count). The van der Waals surface area contributed by atoms with Crippen LogP contribution in [0.3, 0.4) is 0 Å². The first-order valence-electron chi connectivity index (χ1n) is 5.75. The Morgan fingerprint density at radius 3 is 2.84 bits per heavy atom. The predicted octanol–water partition coefficient (Wildman–Crippen LogP) is 2.59. The third-order valence-corrected chi connectivity index (χ3v) is 3.51. The summed E-state index contributed by atoms with van der Waals surface area (Å²) in [4.78, 5) is 15.0. The van der Waals surface area contributed by atoms with Crippen LogP contribution in [0.2, 0.25) is 0 Å². The number of aliphatic carboxylic acids is 1. The third-order valence-electron chi connectivity index (χ3n) is 2.73. The molecule has 0 bridgehead atoms. The summed E-state index contributed by atoms with van der Waals surface area (Å²) in [6, 6.07) is 4.97. The molecule has 19 heavy (non-hydrogen) atoms. The fraction of sp³-hybridized carbons (Fsp3) is 0.231. The first kappa shape index (κ1) is 13.5. The zero-order chi connectivity index (χ0) is 14.0. The molecular formula is C13H15N3O2S. The molecule has 0 saturated carbocycles. The Bertz CT molecular complexity index is 610. The van der Waals surface area contributed by atoms with Crippen molar-refractivity contribution in [1.82, 2.24) is 4.98 Å². The van der Waals surface area contributed by atoms with Crippen LogP contribution >= 0.6 is 11.3 Å². The maximum atomic E-state index is 10.8. The van der Waals surface area contributed by atoms with Gasteiger partial charge in [0.2, 0.25) is 0 Å². The van der Waals surface area contributed by atoms with Gasteiger partial charge < -0.3 is 16.2 Å². The summed E-state index contributed by atoms with van der Waals surface area (Å²) in [7, 11) is 0. The first-order valence-corrected chi connectivity index (χ1v) is 6.63. The summed E-state index contributed by atoms with van der Waals surface area (Å²) in [6.45, 7) is 4.04. The van der Waals surface area contributed by atoms with Crippen LogP contribution in [0.15, 0.2) is 23.6 Å². The van der Waals surface area contributed by atoms with Crippen molar-refractivity contribution in [1.29, 1.82) is 0 Å². The minimum atomic E-state index is -1.08. The maximum Gasteiger partial charge on any atom is 0.326 e. The van der Waals surface area contributed by atoms with Crippen molar-refractivity contribution in [2.75, 3.05) is 5.32 Å². The lowest BCUT2D eigenvalue weighted by Gasteiger charge is -2.07. The molecule has 1 aromatic carbocycles. The van der Waals surface area contributed by atoms with Crippen molar-refractivity contribution < 1.29 is 9.90 Å². The highest BCUT2D eigenvalue weighted by atomic mass is 32.1. The molecule has 2 aromatic rings. The summed E-state index contributed by atoms with van der Waals surface area (Å²) >= 11 is 1.34. The van der Waals surface area contributed by atoms with Crippen LogP contribution in [0.5, 0.6) is 0 Å². The Morgan fingerprint density at radius 1 is 1.47 bits per heavy atom. The van der Waals surface area contributed by atoms with E-state index in [9.17, 15) is 4.79 Å². The van der Waals surface area contributed by atoms with Gasteiger partial charge in [0.1, 0.15) is 6.04 Å². The van der Waals surface area contributed by atoms with Gasteiger partial charge in [-0.3, -0.25) is 4.79 Å². The maximum absolute atomic E-state index is 10.8. The number of hydrogen-bond donors (Lipinski definition) is 3. The molecule has 100 valence electrons. The van der Waals surface area contributed by atoms with Crippen molar-refractivity contribution in [2.24, 2.45) is 5.73 Å². The van der Waals surface area contributed by atoms with E-state index in [0.717, 1.165) is 11.3 Å². The van der Waals surface area contributed by atoms with Gasteiger partial charge in [-0.05, 0) is 25.5 Å². The Hall–Kier alpha value is -1.92. The normalized spacial score (nSPS) is 12.2. The molecule has 1 atom stereocenters. The molecule has 1 aromatic heterocycles. The Morgan fingerprint density at radius 2 is 2.21 bits per heavy atom. The van der Waals surface area contributed by atoms with Gasteiger partial charge in [0.05, 0.1) is 5.69 Å². The van der Waals surface area contributed by atoms with E-state index in [0.29, 0.717) is 10.8 Å². The number of benzene rings is 1. The van der Waals surface area contributed by atoms with Gasteiger partial charge in [-0.1, -0.05) is 17.7 Å². The van der Waals surface area contributed by atoms with Crippen LogP contribution < -0.4 is 11.1 Å². The number of hydrogen-bond acceptors (Lipinski definition) is 5. The molecule has 0 aliphatic heterocycles. The Labute approximate surface area is 115 Å². The lowest BCUT2D eigenvalue weighted by Crippen LogP contribution is -2.20. The van der Waals surface area contributed by atoms with Crippen molar-refractivity contribution in [2.45, 2.75) is 19.9 Å². The average molecular weight is 277 g/mol. The number of rotatable bonds is 4. The number of carboxylic acids is 1. The van der Waals surface area contributed by atoms with Gasteiger partial charge in [0.15, 0.2) is 5.13 Å². The summed E-state index contributed by atoms with van der Waals surface area (Å²) in [5.74, 6) is -1.08. The second kappa shape index (κ2) is 5.38. The van der Waals surface area contributed by atoms with Crippen molar-refractivity contribution in [3.63, 3.8) is 0 Å². The number of thiazole rings is 1. The van der Waals surface area contributed by atoms with Crippen LogP contribution in [-0.4, -0.2) is 16.1 Å². The molecular weight excluding hydrogens is 262 g/mol. The number of aryl methyl sites for hydroxylation is 2. The molecule has 0 aliphatic rings. The highest BCUT2D eigenvalue weighted by Crippen LogP contribution is 2.25. The van der Waals surface area contributed by atoms with Crippen molar-refractivity contribution in [3.05, 3.63) is 40.4 Å². The molecule has 5 nitrogen and oxygen atoms in total. The lowest BCUT2D eigenvalue weighted by molar-refractivity contribution is -0.138. The highest BCUT2D eigenvalue weighted by molar-refractivity contribution is 7.13. The molecule has 1 unspecified atom stereocenters. The van der Waals surface area contributed by atoms with E-state index in [1.807, 2.05) is 26.0 Å². The second-order valence-electron chi connectivity index (χ2n) is 4.34. The number of aromatic nitrogens is 1. The van der Waals surface area contributed by atoms with Crippen molar-refractivity contribution >= 4 is 28.1 Å². The average Bonchev–Trinajstić information content (AvgIpc) is 2.80. The van der Waals surface area contributed by atoms with Gasteiger partial charge in [0, 0.05) is 11.1 Å². The van der Waals surface area contributed by atoms with E-state index in [1.54, 1.807) is 5.38 Å². The fourth-order valence-corrected chi connectivity index (χ4v) is 2.44. The summed E-state index contributed by atoms with van der Waals surface area (Å²) in [5.41, 5.74) is 9.13. The molecule has 0 amide bonds. The minimum Gasteiger partial charge on any atom is -0.480 e. The largest absolute Gasteiger partial charge is 0.480 e. The van der Waals surface area contributed by atoms with E-state index < -0.39 is 12.0 Å². The van der Waals surface area contributed by atoms with Crippen LogP contribution in [0.1, 0.15) is 22.9 Å². The van der Waals surface area contributed by atoms with Crippen LogP contribution in [0.4, 0.5) is 10.8 Å². The van der Waals surface area contributed by atoms with Crippen molar-refractivity contribution in [3.8, 4) is 0 Å². The number of carboxylic acid groups (broad SMARTS) is 1. The van der Waals surface area contributed by atoms with Crippen LogP contribution in [0, 0.1) is 13.8 Å². The van der Waals surface area contributed by atoms with Crippen LogP contribution in [-0.2, 0) is 4.79 Å². The SMILES string of the molecule is Cc1ccc(Nc2nc(C(N)C(=O)O)cs2)c(C)c1. The van der Waals surface area contributed by atoms with E-state index in [1.165, 1.54) is 16.9 Å². The monoisotopic (exact) mass is 277 g/mol. The second-order valence-corrected chi connectivity index (χ2v) is 5.19. The first-order chi connectivity index (χ1) is 8.97. The van der Waals surface area contributed by atoms with E-state index in [-0.39, 0.29) is 0 Å². The number of nitrogens with one attached hydrogen (secondary N) is 1. The Balaban J connectivity index is 2.18. The summed E-state index contributed by atoms with van der Waals surface area (Å²) < 4.78 is 0. The molecule has 6 heteroatoms. The highest BCUT2D eigenvalue weighted by Gasteiger charge is 2.17. The van der Waals surface area contributed by atoms with Gasteiger partial charge in [-0.25, -0.2) is 4.98 Å². The van der Waals surface area contributed by atoms with E-state index in [2.05, 4.69) is 16.4 Å². The van der Waals surface area contributed by atoms with Gasteiger partial charge in [0.25, 0.3) is 0 Å². The standard InChI is InChI=1S/C13H15N3O2S/c1-7-3-4-9(8(2)5-7)15-13-16-10(6-19-13)11(14)12(17)18/h3-6,11H,14H2,1-2H3,(H,15,16)(H,17,18). The number of nitrogens with zero attached hydrogens (tertiary/aromatic N) is 1. The lowest BCUT2D eigenvalue weighted by atomic mass is 10.1. The molecule has 0 spiro atoms. The zero-order valence-corrected chi connectivity index (χ0v) is 11.5. The number of anilines is 2. The summed E-state index contributed by atoms with van der Waals surface area (Å²) in [6.07, 6.45) is 0. The minimum absolute atomic E-state index is 0.366. The quantitative estimate of drug-likeness (QED) is 0.799. The molecule has 0 radical (unpaired) electrons. The number of nitrogens with two attached hydrogens (primary N) is 1. The molecule has 4 N–H and O–H groups in total. The summed E-state index contributed by atoms with van der Waals surface area (Å²) in [5, 5.41) is 14.3. The fourth-order valence-electron chi connectivity index (χ4n) is 1.68. The van der Waals surface area contributed by atoms with E-state index in [4.69, 9.17) is 10.8 Å². The van der Waals surface area contributed by atoms with Gasteiger partial charge in [-0.15, -0.1) is 11.3 Å². The third kappa shape index (κ3) is 3.10. The van der Waals surface area contributed by atoms with Crippen LogP contribution in [0.25, 0.3) is 0 Å².